The molecule has 1 aromatic heterocycles. The number of rotatable bonds is 6. The van der Waals surface area contributed by atoms with Gasteiger partial charge in [0.15, 0.2) is 5.72 Å². The molecule has 0 aliphatic carbocycles. The first-order chi connectivity index (χ1) is 20.2. The van der Waals surface area contributed by atoms with Crippen molar-refractivity contribution in [2.75, 3.05) is 4.90 Å². The lowest BCUT2D eigenvalue weighted by atomic mass is 9.93. The van der Waals surface area contributed by atoms with Gasteiger partial charge < -0.3 is 26.0 Å². The standard InChI is InChI=1S/C30H24N4O4.CH3NO2/c35-27-23-13-7-8-14-24(23)30(38,34(27)19-21-11-5-2-6-12-21)22-15-16-25-26(17-22)32-28(31-25)33(29(36)37)18-20-9-3-1-4-10-20;2-1(3)4/h1-17,38H,18-19H2,(H,31,32)(H,36,37);2H2,(H,3,4). The summed E-state index contributed by atoms with van der Waals surface area (Å²) < 4.78 is 0. The fraction of sp³-hybridized carbons (Fsp3) is 0.0968. The van der Waals surface area contributed by atoms with E-state index in [1.54, 1.807) is 42.5 Å². The van der Waals surface area contributed by atoms with Crippen LogP contribution in [0, 0.1) is 0 Å². The van der Waals surface area contributed by atoms with E-state index in [1.165, 1.54) is 4.90 Å². The number of nitrogens with two attached hydrogens (primary N) is 1. The van der Waals surface area contributed by atoms with Gasteiger partial charge >= 0.3 is 12.2 Å². The second-order valence-corrected chi connectivity index (χ2v) is 9.58. The van der Waals surface area contributed by atoms with Crippen LogP contribution in [0.1, 0.15) is 32.6 Å². The summed E-state index contributed by atoms with van der Waals surface area (Å²) in [7, 11) is 0. The van der Waals surface area contributed by atoms with Crippen molar-refractivity contribution in [1.82, 2.24) is 14.9 Å². The van der Waals surface area contributed by atoms with E-state index < -0.39 is 17.9 Å². The average Bonchev–Trinajstić information content (AvgIpc) is 3.50. The number of nitrogens with zero attached hydrogens (tertiary/aromatic N) is 3. The number of nitrogens with one attached hydrogen (secondary N) is 1. The molecule has 1 aliphatic rings. The number of fused-ring (bicyclic) bond motifs is 2. The largest absolute Gasteiger partial charge is 0.465 e. The van der Waals surface area contributed by atoms with E-state index >= 15 is 0 Å². The zero-order valence-corrected chi connectivity index (χ0v) is 22.2. The van der Waals surface area contributed by atoms with Crippen LogP contribution in [0.25, 0.3) is 11.0 Å². The number of hydrogen-bond acceptors (Lipinski definition) is 5. The molecular weight excluding hydrogens is 538 g/mol. The predicted molar refractivity (Wildman–Crippen MR) is 155 cm³/mol. The Balaban J connectivity index is 0.000000830. The van der Waals surface area contributed by atoms with Gasteiger partial charge in [0.25, 0.3) is 5.91 Å². The lowest BCUT2D eigenvalue weighted by molar-refractivity contribution is -0.0542. The van der Waals surface area contributed by atoms with Gasteiger partial charge in [-0.25, -0.2) is 19.5 Å². The first-order valence-corrected chi connectivity index (χ1v) is 12.9. The van der Waals surface area contributed by atoms with Gasteiger partial charge in [-0.1, -0.05) is 84.9 Å². The zero-order valence-electron chi connectivity index (χ0n) is 22.2. The quantitative estimate of drug-likeness (QED) is 0.198. The van der Waals surface area contributed by atoms with Crippen LogP contribution >= 0.6 is 0 Å². The normalized spacial score (nSPS) is 15.5. The second-order valence-electron chi connectivity index (χ2n) is 9.58. The van der Waals surface area contributed by atoms with E-state index in [9.17, 15) is 19.8 Å². The van der Waals surface area contributed by atoms with Crippen LogP contribution in [0.5, 0.6) is 0 Å². The number of aromatic amines is 1. The van der Waals surface area contributed by atoms with Crippen molar-refractivity contribution in [3.63, 3.8) is 0 Å². The molecule has 42 heavy (non-hydrogen) atoms. The highest BCUT2D eigenvalue weighted by Crippen LogP contribution is 2.43. The van der Waals surface area contributed by atoms with Gasteiger partial charge in [0, 0.05) is 23.2 Å². The molecular formula is C31H27N5O6. The minimum absolute atomic E-state index is 0.125. The number of primary amides is 1. The molecule has 1 atom stereocenters. The summed E-state index contributed by atoms with van der Waals surface area (Å²) in [6.45, 7) is 0.334. The fourth-order valence-electron chi connectivity index (χ4n) is 5.01. The summed E-state index contributed by atoms with van der Waals surface area (Å²) in [6.07, 6.45) is -2.48. The molecule has 0 saturated carbocycles. The van der Waals surface area contributed by atoms with Gasteiger partial charge in [-0.05, 0) is 29.3 Å². The number of H-pyrrole nitrogens is 1. The van der Waals surface area contributed by atoms with Crippen LogP contribution in [0.2, 0.25) is 0 Å². The van der Waals surface area contributed by atoms with Crippen molar-refractivity contribution in [1.29, 1.82) is 0 Å². The maximum Gasteiger partial charge on any atom is 0.414 e. The topological polar surface area (TPSA) is 173 Å². The molecule has 6 N–H and O–H groups in total. The molecule has 1 unspecified atom stereocenters. The highest BCUT2D eigenvalue weighted by molar-refractivity contribution is 6.00. The molecule has 3 amide bonds. The summed E-state index contributed by atoms with van der Waals surface area (Å²) in [5, 5.41) is 29.3. The summed E-state index contributed by atoms with van der Waals surface area (Å²) >= 11 is 0. The number of benzene rings is 4. The summed E-state index contributed by atoms with van der Waals surface area (Å²) in [5.41, 5.74) is 6.50. The summed E-state index contributed by atoms with van der Waals surface area (Å²) in [5.74, 6) is -0.0956. The zero-order chi connectivity index (χ0) is 29.9. The van der Waals surface area contributed by atoms with Gasteiger partial charge in [0.05, 0.1) is 17.6 Å². The Bertz CT molecular complexity index is 1750. The predicted octanol–water partition coefficient (Wildman–Crippen LogP) is 4.72. The monoisotopic (exact) mass is 565 g/mol. The lowest BCUT2D eigenvalue weighted by Crippen LogP contribution is -2.44. The maximum absolute atomic E-state index is 13.5. The number of aliphatic hydroxyl groups is 1. The summed E-state index contributed by atoms with van der Waals surface area (Å²) in [6, 6.07) is 31.0. The highest BCUT2D eigenvalue weighted by Gasteiger charge is 2.49. The minimum atomic E-state index is -1.72. The Kier molecular flexibility index (Phi) is 7.59. The van der Waals surface area contributed by atoms with E-state index in [0.717, 1.165) is 16.0 Å². The van der Waals surface area contributed by atoms with Gasteiger partial charge in [-0.15, -0.1) is 0 Å². The number of carbonyl (C=O) groups is 3. The van der Waals surface area contributed by atoms with Crippen molar-refractivity contribution < 1.29 is 29.7 Å². The molecule has 4 aromatic carbocycles. The molecule has 0 radical (unpaired) electrons. The minimum Gasteiger partial charge on any atom is -0.465 e. The molecule has 0 saturated heterocycles. The third kappa shape index (κ3) is 5.36. The van der Waals surface area contributed by atoms with Crippen molar-refractivity contribution in [2.45, 2.75) is 18.8 Å². The molecule has 0 spiro atoms. The first-order valence-electron chi connectivity index (χ1n) is 12.9. The molecule has 11 heteroatoms. The molecule has 1 aliphatic heterocycles. The third-order valence-electron chi connectivity index (χ3n) is 6.89. The molecule has 0 bridgehead atoms. The molecule has 212 valence electrons. The van der Waals surface area contributed by atoms with Gasteiger partial charge in [-0.2, -0.15) is 0 Å². The van der Waals surface area contributed by atoms with Crippen LogP contribution < -0.4 is 10.6 Å². The molecule has 2 heterocycles. The molecule has 0 fully saturated rings. The SMILES string of the molecule is NC(=O)O.O=C(O)N(Cc1ccccc1)c1nc2ccc(C3(O)c4ccccc4C(=O)N3Cc3ccccc3)cc2[nH]1. The Hall–Kier alpha value is -5.68. The number of imidazole rings is 1. The van der Waals surface area contributed by atoms with Crippen molar-refractivity contribution in [3.8, 4) is 0 Å². The van der Waals surface area contributed by atoms with Crippen molar-refractivity contribution in [3.05, 3.63) is 131 Å². The number of carboxylic acid groups (broad SMARTS) is 2. The van der Waals surface area contributed by atoms with Crippen LogP contribution in [0.15, 0.2) is 103 Å². The molecule has 11 nitrogen and oxygen atoms in total. The lowest BCUT2D eigenvalue weighted by Gasteiger charge is -2.35. The van der Waals surface area contributed by atoms with E-state index in [4.69, 9.17) is 9.90 Å². The Labute approximate surface area is 240 Å². The average molecular weight is 566 g/mol. The summed E-state index contributed by atoms with van der Waals surface area (Å²) in [4.78, 5) is 44.5. The van der Waals surface area contributed by atoms with Crippen LogP contribution in [-0.4, -0.2) is 48.3 Å². The van der Waals surface area contributed by atoms with Gasteiger partial charge in [0.1, 0.15) is 0 Å². The number of amides is 3. The van der Waals surface area contributed by atoms with Crippen molar-refractivity contribution in [2.24, 2.45) is 5.73 Å². The van der Waals surface area contributed by atoms with Crippen LogP contribution in [0.3, 0.4) is 0 Å². The second kappa shape index (κ2) is 11.4. The highest BCUT2D eigenvalue weighted by atomic mass is 16.4. The third-order valence-corrected chi connectivity index (χ3v) is 6.89. The maximum atomic E-state index is 13.5. The van der Waals surface area contributed by atoms with Gasteiger partial charge in [-0.3, -0.25) is 9.69 Å². The van der Waals surface area contributed by atoms with E-state index in [2.05, 4.69) is 15.7 Å². The number of hydrogen-bond donors (Lipinski definition) is 5. The van der Waals surface area contributed by atoms with E-state index in [1.807, 2.05) is 60.7 Å². The Morgan fingerprint density at radius 3 is 2.12 bits per heavy atom. The number of carbonyl (C=O) groups excluding carboxylic acids is 1. The van der Waals surface area contributed by atoms with Crippen LogP contribution in [-0.2, 0) is 18.8 Å². The van der Waals surface area contributed by atoms with E-state index in [0.29, 0.717) is 27.7 Å². The van der Waals surface area contributed by atoms with Crippen LogP contribution in [0.4, 0.5) is 15.5 Å². The van der Waals surface area contributed by atoms with E-state index in [-0.39, 0.29) is 24.9 Å². The Morgan fingerprint density at radius 2 is 1.48 bits per heavy atom. The smallest absolute Gasteiger partial charge is 0.414 e. The Morgan fingerprint density at radius 1 is 0.881 bits per heavy atom. The first kappa shape index (κ1) is 27.9. The fourth-order valence-corrected chi connectivity index (χ4v) is 5.01. The number of anilines is 1. The molecule has 6 rings (SSSR count). The van der Waals surface area contributed by atoms with Crippen molar-refractivity contribution >= 4 is 35.1 Å². The number of aromatic nitrogens is 2. The van der Waals surface area contributed by atoms with Gasteiger partial charge in [0.2, 0.25) is 5.95 Å². The molecule has 5 aromatic rings.